The standard InChI is InChI=1S/C12H22N4/c1-4-8(2)16-9(3)14-15-12(16)7-10-5-11(13)6-10/h8,10-11H,4-7,13H2,1-3H3. The topological polar surface area (TPSA) is 56.7 Å². The fourth-order valence-electron chi connectivity index (χ4n) is 2.52. The SMILES string of the molecule is CCC(C)n1c(C)nnc1CC1CC(N)C1. The molecule has 1 aromatic heterocycles. The molecule has 0 spiro atoms. The Hall–Kier alpha value is -0.900. The van der Waals surface area contributed by atoms with Gasteiger partial charge < -0.3 is 10.3 Å². The van der Waals surface area contributed by atoms with Crippen LogP contribution in [0.1, 0.15) is 50.8 Å². The van der Waals surface area contributed by atoms with Gasteiger partial charge in [0.25, 0.3) is 0 Å². The fraction of sp³-hybridized carbons (Fsp3) is 0.833. The van der Waals surface area contributed by atoms with E-state index >= 15 is 0 Å². The predicted molar refractivity (Wildman–Crippen MR) is 64.2 cm³/mol. The summed E-state index contributed by atoms with van der Waals surface area (Å²) in [6.45, 7) is 6.47. The van der Waals surface area contributed by atoms with Crippen molar-refractivity contribution in [2.75, 3.05) is 0 Å². The first-order valence-electron chi connectivity index (χ1n) is 6.27. The predicted octanol–water partition coefficient (Wildman–Crippen LogP) is 1.84. The summed E-state index contributed by atoms with van der Waals surface area (Å²) < 4.78 is 2.28. The van der Waals surface area contributed by atoms with E-state index in [1.807, 2.05) is 6.92 Å². The van der Waals surface area contributed by atoms with Gasteiger partial charge in [-0.1, -0.05) is 6.92 Å². The number of aryl methyl sites for hydroxylation is 1. The van der Waals surface area contributed by atoms with Crippen LogP contribution in [0.15, 0.2) is 0 Å². The fourth-order valence-corrected chi connectivity index (χ4v) is 2.52. The number of nitrogens with zero attached hydrogens (tertiary/aromatic N) is 3. The molecule has 1 unspecified atom stereocenters. The molecular weight excluding hydrogens is 200 g/mol. The first-order chi connectivity index (χ1) is 7.61. The summed E-state index contributed by atoms with van der Waals surface area (Å²) in [5.74, 6) is 2.90. The number of rotatable bonds is 4. The second kappa shape index (κ2) is 4.53. The molecule has 1 aliphatic rings. The summed E-state index contributed by atoms with van der Waals surface area (Å²) in [5.41, 5.74) is 5.81. The zero-order valence-electron chi connectivity index (χ0n) is 10.5. The number of aromatic nitrogens is 3. The molecule has 2 N–H and O–H groups in total. The van der Waals surface area contributed by atoms with Crippen LogP contribution in [0.3, 0.4) is 0 Å². The summed E-state index contributed by atoms with van der Waals surface area (Å²) in [6.07, 6.45) is 4.45. The molecule has 0 saturated heterocycles. The van der Waals surface area contributed by atoms with Gasteiger partial charge >= 0.3 is 0 Å². The molecule has 1 saturated carbocycles. The summed E-state index contributed by atoms with van der Waals surface area (Å²) in [5, 5.41) is 8.50. The third-order valence-electron chi connectivity index (χ3n) is 3.71. The zero-order chi connectivity index (χ0) is 11.7. The Kier molecular flexibility index (Phi) is 3.28. The maximum Gasteiger partial charge on any atom is 0.133 e. The third kappa shape index (κ3) is 2.12. The summed E-state index contributed by atoms with van der Waals surface area (Å²) in [6, 6.07) is 0.921. The van der Waals surface area contributed by atoms with Crippen molar-refractivity contribution in [1.82, 2.24) is 14.8 Å². The minimum atomic E-state index is 0.422. The van der Waals surface area contributed by atoms with Crippen LogP contribution in [-0.4, -0.2) is 20.8 Å². The monoisotopic (exact) mass is 222 g/mol. The van der Waals surface area contributed by atoms with Crippen LogP contribution in [-0.2, 0) is 6.42 Å². The van der Waals surface area contributed by atoms with Crippen LogP contribution >= 0.6 is 0 Å². The van der Waals surface area contributed by atoms with Crippen LogP contribution in [0.4, 0.5) is 0 Å². The van der Waals surface area contributed by atoms with Gasteiger partial charge in [0.2, 0.25) is 0 Å². The largest absolute Gasteiger partial charge is 0.328 e. The average molecular weight is 222 g/mol. The molecule has 0 bridgehead atoms. The van der Waals surface area contributed by atoms with Crippen molar-refractivity contribution in [3.8, 4) is 0 Å². The highest BCUT2D eigenvalue weighted by molar-refractivity contribution is 5.00. The van der Waals surface area contributed by atoms with Crippen LogP contribution in [0.5, 0.6) is 0 Å². The zero-order valence-corrected chi connectivity index (χ0v) is 10.5. The Morgan fingerprint density at radius 2 is 2.12 bits per heavy atom. The number of nitrogens with two attached hydrogens (primary N) is 1. The average Bonchev–Trinajstić information content (AvgIpc) is 2.57. The van der Waals surface area contributed by atoms with Gasteiger partial charge in [0, 0.05) is 18.5 Å². The lowest BCUT2D eigenvalue weighted by Crippen LogP contribution is -2.37. The van der Waals surface area contributed by atoms with E-state index in [4.69, 9.17) is 5.73 Å². The molecule has 0 aliphatic heterocycles. The van der Waals surface area contributed by atoms with E-state index in [0.717, 1.165) is 43.3 Å². The molecule has 4 nitrogen and oxygen atoms in total. The molecule has 1 fully saturated rings. The van der Waals surface area contributed by atoms with Crippen molar-refractivity contribution < 1.29 is 0 Å². The van der Waals surface area contributed by atoms with E-state index in [0.29, 0.717) is 12.1 Å². The second-order valence-electron chi connectivity index (χ2n) is 5.09. The van der Waals surface area contributed by atoms with Gasteiger partial charge in [0.1, 0.15) is 11.6 Å². The summed E-state index contributed by atoms with van der Waals surface area (Å²) in [4.78, 5) is 0. The van der Waals surface area contributed by atoms with Crippen molar-refractivity contribution >= 4 is 0 Å². The van der Waals surface area contributed by atoms with Gasteiger partial charge in [0.05, 0.1) is 0 Å². The third-order valence-corrected chi connectivity index (χ3v) is 3.71. The van der Waals surface area contributed by atoms with E-state index < -0.39 is 0 Å². The van der Waals surface area contributed by atoms with Gasteiger partial charge in [-0.15, -0.1) is 10.2 Å². The summed E-state index contributed by atoms with van der Waals surface area (Å²) in [7, 11) is 0. The molecule has 90 valence electrons. The Balaban J connectivity index is 2.08. The molecule has 0 aromatic carbocycles. The van der Waals surface area contributed by atoms with Gasteiger partial charge in [0.15, 0.2) is 0 Å². The van der Waals surface area contributed by atoms with Crippen molar-refractivity contribution in [1.29, 1.82) is 0 Å². The highest BCUT2D eigenvalue weighted by Gasteiger charge is 2.28. The van der Waals surface area contributed by atoms with Crippen molar-refractivity contribution in [2.45, 2.75) is 58.5 Å². The smallest absolute Gasteiger partial charge is 0.133 e. The van der Waals surface area contributed by atoms with Crippen LogP contribution in [0, 0.1) is 12.8 Å². The molecule has 1 aliphatic carbocycles. The highest BCUT2D eigenvalue weighted by Crippen LogP contribution is 2.29. The van der Waals surface area contributed by atoms with Crippen molar-refractivity contribution in [3.63, 3.8) is 0 Å². The first-order valence-corrected chi connectivity index (χ1v) is 6.27. The van der Waals surface area contributed by atoms with Crippen LogP contribution < -0.4 is 5.73 Å². The molecule has 1 aromatic rings. The van der Waals surface area contributed by atoms with Crippen molar-refractivity contribution in [2.24, 2.45) is 11.7 Å². The van der Waals surface area contributed by atoms with E-state index in [9.17, 15) is 0 Å². The Morgan fingerprint density at radius 1 is 1.44 bits per heavy atom. The minimum Gasteiger partial charge on any atom is -0.328 e. The molecule has 1 heterocycles. The quantitative estimate of drug-likeness (QED) is 0.845. The highest BCUT2D eigenvalue weighted by atomic mass is 15.3. The second-order valence-corrected chi connectivity index (χ2v) is 5.09. The molecule has 2 rings (SSSR count). The minimum absolute atomic E-state index is 0.422. The normalized spacial score (nSPS) is 26.5. The molecule has 4 heteroatoms. The van der Waals surface area contributed by atoms with Crippen molar-refractivity contribution in [3.05, 3.63) is 11.6 Å². The van der Waals surface area contributed by atoms with E-state index in [2.05, 4.69) is 28.6 Å². The van der Waals surface area contributed by atoms with Gasteiger partial charge in [-0.3, -0.25) is 0 Å². The Labute approximate surface area is 97.2 Å². The maximum atomic E-state index is 5.81. The Morgan fingerprint density at radius 3 is 2.69 bits per heavy atom. The molecule has 0 radical (unpaired) electrons. The first kappa shape index (κ1) is 11.6. The van der Waals surface area contributed by atoms with E-state index in [1.165, 1.54) is 0 Å². The molecule has 1 atom stereocenters. The van der Waals surface area contributed by atoms with Crippen LogP contribution in [0.2, 0.25) is 0 Å². The maximum absolute atomic E-state index is 5.81. The number of hydrogen-bond acceptors (Lipinski definition) is 3. The van der Waals surface area contributed by atoms with Crippen LogP contribution in [0.25, 0.3) is 0 Å². The number of hydrogen-bond donors (Lipinski definition) is 1. The van der Waals surface area contributed by atoms with Gasteiger partial charge in [-0.2, -0.15) is 0 Å². The van der Waals surface area contributed by atoms with Gasteiger partial charge in [-0.25, -0.2) is 0 Å². The lowest BCUT2D eigenvalue weighted by atomic mass is 9.78. The van der Waals surface area contributed by atoms with E-state index in [-0.39, 0.29) is 0 Å². The lowest BCUT2D eigenvalue weighted by Gasteiger charge is -2.32. The molecule has 16 heavy (non-hydrogen) atoms. The Bertz CT molecular complexity index is 352. The molecule has 0 amide bonds. The van der Waals surface area contributed by atoms with Gasteiger partial charge in [-0.05, 0) is 39.0 Å². The summed E-state index contributed by atoms with van der Waals surface area (Å²) >= 11 is 0. The van der Waals surface area contributed by atoms with E-state index in [1.54, 1.807) is 0 Å². The lowest BCUT2D eigenvalue weighted by molar-refractivity contribution is 0.256. The molecular formula is C12H22N4.